The number of nitrogens with zero attached hydrogens (tertiary/aromatic N) is 1. The van der Waals surface area contributed by atoms with Crippen LogP contribution in [0.4, 0.5) is 0 Å². The molecule has 0 amide bonds. The van der Waals surface area contributed by atoms with Gasteiger partial charge >= 0.3 is 19.8 Å². The Labute approximate surface area is 574 Å². The van der Waals surface area contributed by atoms with Crippen LogP contribution in [0.3, 0.4) is 0 Å². The van der Waals surface area contributed by atoms with Crippen LogP contribution < -0.4 is 0 Å². The highest BCUT2D eigenvalue weighted by Gasteiger charge is 2.27. The highest BCUT2D eigenvalue weighted by Crippen LogP contribution is 2.43. The molecule has 546 valence electrons. The van der Waals surface area contributed by atoms with Crippen LogP contribution >= 0.6 is 7.82 Å². The SMILES string of the molecule is CCCCCCC/C=C\C/C=C\CCCCCCCCCCCCCCCCCCCC(=O)OC(COC(=O)CCCCCCCCCCCCCCCCCCCCCCCCCCCCCCCCCCCCCCCCC)COP(=O)(O)OCC[N+](C)(C)C. The van der Waals surface area contributed by atoms with Crippen LogP contribution in [0.15, 0.2) is 24.3 Å². The van der Waals surface area contributed by atoms with Gasteiger partial charge in [0.05, 0.1) is 27.7 Å². The van der Waals surface area contributed by atoms with Crippen LogP contribution in [0.5, 0.6) is 0 Å². The van der Waals surface area contributed by atoms with E-state index in [1.54, 1.807) is 0 Å². The third-order valence-electron chi connectivity index (χ3n) is 19.0. The van der Waals surface area contributed by atoms with Gasteiger partial charge in [-0.1, -0.05) is 404 Å². The molecule has 0 saturated carbocycles. The highest BCUT2D eigenvalue weighted by molar-refractivity contribution is 7.47. The number of esters is 2. The number of phosphoric acid groups is 1. The molecule has 0 bridgehead atoms. The van der Waals surface area contributed by atoms with Crippen molar-refractivity contribution in [1.82, 2.24) is 0 Å². The summed E-state index contributed by atoms with van der Waals surface area (Å²) in [4.78, 5) is 36.0. The van der Waals surface area contributed by atoms with E-state index in [0.717, 1.165) is 38.5 Å². The highest BCUT2D eigenvalue weighted by atomic mass is 31.2. The first kappa shape index (κ1) is 90.5. The first-order chi connectivity index (χ1) is 45.0. The normalized spacial score (nSPS) is 13.1. The molecule has 10 heteroatoms. The number of allylic oxidation sites excluding steroid dienone is 4. The standard InChI is InChI=1S/C82H160NO8P/c1-6-8-10-12-14-16-18-20-22-24-26-28-30-32-34-36-37-38-39-40-41-42-43-44-45-47-48-50-52-54-56-58-60-62-64-66-68-70-72-74-81(84)88-78-80(79-90-92(86,87)89-77-76-83(3,4)5)91-82(85)75-73-71-69-67-65-63-61-59-57-55-53-51-49-46-35-33-31-29-27-25-23-21-19-17-15-13-11-9-7-2/h19,21,25,27,80H,6-18,20,22-24,26,28-79H2,1-5H3/p+1/b21-19-,27-25-. The molecule has 0 spiro atoms. The van der Waals surface area contributed by atoms with Crippen LogP contribution in [-0.4, -0.2) is 74.9 Å². The van der Waals surface area contributed by atoms with Gasteiger partial charge in [-0.2, -0.15) is 0 Å². The second kappa shape index (κ2) is 73.7. The van der Waals surface area contributed by atoms with Gasteiger partial charge in [0, 0.05) is 12.8 Å². The van der Waals surface area contributed by atoms with Crippen LogP contribution in [-0.2, 0) is 32.7 Å². The lowest BCUT2D eigenvalue weighted by atomic mass is 10.0. The second-order valence-electron chi connectivity index (χ2n) is 29.5. The Kier molecular flexibility index (Phi) is 72.5. The lowest BCUT2D eigenvalue weighted by Crippen LogP contribution is -2.37. The zero-order chi connectivity index (χ0) is 66.9. The fraction of sp³-hybridized carbons (Fsp3) is 0.927. The molecule has 2 atom stereocenters. The van der Waals surface area contributed by atoms with Gasteiger partial charge in [-0.15, -0.1) is 0 Å². The number of carbonyl (C=O) groups is 2. The Bertz CT molecular complexity index is 1600. The maximum Gasteiger partial charge on any atom is 0.472 e. The number of ether oxygens (including phenoxy) is 2. The Morgan fingerprint density at radius 3 is 0.859 bits per heavy atom. The average molecular weight is 1320 g/mol. The molecule has 0 heterocycles. The number of phosphoric ester groups is 1. The van der Waals surface area contributed by atoms with Crippen molar-refractivity contribution >= 4 is 19.8 Å². The number of quaternary nitrogens is 1. The summed E-state index contributed by atoms with van der Waals surface area (Å²) in [6.45, 7) is 4.51. The molecule has 0 aliphatic rings. The first-order valence-corrected chi connectivity index (χ1v) is 42.6. The van der Waals surface area contributed by atoms with E-state index in [1.807, 2.05) is 21.1 Å². The summed E-state index contributed by atoms with van der Waals surface area (Å²) >= 11 is 0. The molecule has 0 aliphatic carbocycles. The summed E-state index contributed by atoms with van der Waals surface area (Å²) in [6, 6.07) is 0. The van der Waals surface area contributed by atoms with Crippen molar-refractivity contribution in [3.63, 3.8) is 0 Å². The molecule has 0 aliphatic heterocycles. The Morgan fingerprint density at radius 2 is 0.587 bits per heavy atom. The van der Waals surface area contributed by atoms with Crippen LogP contribution in [0.2, 0.25) is 0 Å². The minimum absolute atomic E-state index is 0.0356. The molecule has 1 N–H and O–H groups in total. The minimum Gasteiger partial charge on any atom is -0.462 e. The van der Waals surface area contributed by atoms with Gasteiger partial charge < -0.3 is 18.9 Å². The average Bonchev–Trinajstić information content (AvgIpc) is 2.14. The van der Waals surface area contributed by atoms with Crippen molar-refractivity contribution in [1.29, 1.82) is 0 Å². The van der Waals surface area contributed by atoms with E-state index in [9.17, 15) is 19.0 Å². The van der Waals surface area contributed by atoms with Crippen molar-refractivity contribution in [2.75, 3.05) is 47.5 Å². The van der Waals surface area contributed by atoms with E-state index in [2.05, 4.69) is 38.2 Å². The Morgan fingerprint density at radius 1 is 0.337 bits per heavy atom. The largest absolute Gasteiger partial charge is 0.472 e. The molecule has 0 saturated heterocycles. The third kappa shape index (κ3) is 77.5. The minimum atomic E-state index is -4.39. The molecule has 0 aromatic rings. The quantitative estimate of drug-likeness (QED) is 0.0211. The predicted molar refractivity (Wildman–Crippen MR) is 400 cm³/mol. The number of carbonyl (C=O) groups excluding carboxylic acids is 2. The number of hydrogen-bond acceptors (Lipinski definition) is 7. The van der Waals surface area contributed by atoms with Crippen molar-refractivity contribution in [2.45, 2.75) is 444 Å². The molecule has 92 heavy (non-hydrogen) atoms. The predicted octanol–water partition coefficient (Wildman–Crippen LogP) is 27.2. The maximum atomic E-state index is 12.9. The molecule has 0 aromatic heterocycles. The number of hydrogen-bond donors (Lipinski definition) is 1. The van der Waals surface area contributed by atoms with Crippen LogP contribution in [0.1, 0.15) is 438 Å². The summed E-state index contributed by atoms with van der Waals surface area (Å²) in [5, 5.41) is 0. The number of rotatable bonds is 78. The van der Waals surface area contributed by atoms with E-state index < -0.39 is 26.5 Å². The van der Waals surface area contributed by atoms with Gasteiger partial charge in [-0.3, -0.25) is 18.6 Å². The molecule has 0 fully saturated rings. The fourth-order valence-corrected chi connectivity index (χ4v) is 13.4. The van der Waals surface area contributed by atoms with Gasteiger partial charge in [0.1, 0.15) is 19.8 Å². The van der Waals surface area contributed by atoms with Gasteiger partial charge in [0.15, 0.2) is 6.10 Å². The van der Waals surface area contributed by atoms with Gasteiger partial charge in [-0.05, 0) is 44.9 Å². The molecule has 0 rings (SSSR count). The summed E-state index contributed by atoms with van der Waals surface area (Å²) in [5.41, 5.74) is 0. The summed E-state index contributed by atoms with van der Waals surface area (Å²) < 4.78 is 34.8. The summed E-state index contributed by atoms with van der Waals surface area (Å²) in [7, 11) is 1.50. The van der Waals surface area contributed by atoms with Crippen molar-refractivity contribution in [2.24, 2.45) is 0 Å². The lowest BCUT2D eigenvalue weighted by Gasteiger charge is -2.24. The van der Waals surface area contributed by atoms with E-state index in [1.165, 1.54) is 366 Å². The number of unbranched alkanes of at least 4 members (excludes halogenated alkanes) is 60. The molecule has 0 radical (unpaired) electrons. The van der Waals surface area contributed by atoms with Crippen LogP contribution in [0, 0.1) is 0 Å². The van der Waals surface area contributed by atoms with Gasteiger partial charge in [-0.25, -0.2) is 4.57 Å². The van der Waals surface area contributed by atoms with Gasteiger partial charge in [0.25, 0.3) is 0 Å². The molecule has 2 unspecified atom stereocenters. The lowest BCUT2D eigenvalue weighted by molar-refractivity contribution is -0.870. The van der Waals surface area contributed by atoms with Crippen molar-refractivity contribution < 1.29 is 42.1 Å². The molecule has 0 aromatic carbocycles. The smallest absolute Gasteiger partial charge is 0.462 e. The topological polar surface area (TPSA) is 108 Å². The zero-order valence-corrected chi connectivity index (χ0v) is 63.5. The summed E-state index contributed by atoms with van der Waals surface area (Å²) in [6.07, 6.45) is 94.9. The van der Waals surface area contributed by atoms with E-state index in [0.29, 0.717) is 23.9 Å². The van der Waals surface area contributed by atoms with E-state index in [-0.39, 0.29) is 25.6 Å². The molecular formula is C82H161NO8P+. The first-order valence-electron chi connectivity index (χ1n) is 41.1. The Hall–Kier alpha value is -1.51. The maximum absolute atomic E-state index is 12.9. The van der Waals surface area contributed by atoms with Crippen LogP contribution in [0.25, 0.3) is 0 Å². The van der Waals surface area contributed by atoms with Crippen molar-refractivity contribution in [3.05, 3.63) is 24.3 Å². The molecular weight excluding hydrogens is 1160 g/mol. The summed E-state index contributed by atoms with van der Waals surface area (Å²) in [5.74, 6) is -0.770. The van der Waals surface area contributed by atoms with E-state index in [4.69, 9.17) is 18.5 Å². The van der Waals surface area contributed by atoms with Crippen molar-refractivity contribution in [3.8, 4) is 0 Å². The number of likely N-dealkylation sites (N-methyl/N-ethyl adjacent to an activating group) is 1. The van der Waals surface area contributed by atoms with Gasteiger partial charge in [0.2, 0.25) is 0 Å². The monoisotopic (exact) mass is 1320 g/mol. The third-order valence-corrected chi connectivity index (χ3v) is 20.0. The zero-order valence-electron chi connectivity index (χ0n) is 62.6. The fourth-order valence-electron chi connectivity index (χ4n) is 12.7. The second-order valence-corrected chi connectivity index (χ2v) is 31.0. The Balaban J connectivity index is 3.86. The van der Waals surface area contributed by atoms with E-state index >= 15 is 0 Å². The molecule has 9 nitrogen and oxygen atoms in total.